The summed E-state index contributed by atoms with van der Waals surface area (Å²) in [5.41, 5.74) is 7.21. The molecule has 1 rings (SSSR count). The number of ether oxygens (including phenoxy) is 1. The number of rotatable bonds is 6. The largest absolute Gasteiger partial charge is 0.494 e. The maximum atomic E-state index is 5.87. The molecule has 0 saturated heterocycles. The van der Waals surface area contributed by atoms with Gasteiger partial charge in [0.05, 0.1) is 6.61 Å². The lowest BCUT2D eigenvalue weighted by atomic mass is 10.0. The van der Waals surface area contributed by atoms with E-state index in [0.717, 1.165) is 31.6 Å². The van der Waals surface area contributed by atoms with Gasteiger partial charge in [-0.2, -0.15) is 0 Å². The second kappa shape index (κ2) is 6.46. The van der Waals surface area contributed by atoms with Crippen LogP contribution in [0.3, 0.4) is 0 Å². The Hall–Kier alpha value is -1.02. The molecular formula is C13H21NO. The van der Waals surface area contributed by atoms with Crippen LogP contribution in [0.1, 0.15) is 32.3 Å². The van der Waals surface area contributed by atoms with E-state index in [1.807, 2.05) is 19.1 Å². The van der Waals surface area contributed by atoms with Crippen LogP contribution in [0, 0.1) is 0 Å². The van der Waals surface area contributed by atoms with E-state index >= 15 is 0 Å². The van der Waals surface area contributed by atoms with Crippen molar-refractivity contribution in [1.82, 2.24) is 0 Å². The van der Waals surface area contributed by atoms with Crippen molar-refractivity contribution in [2.24, 2.45) is 5.73 Å². The topological polar surface area (TPSA) is 35.2 Å². The fourth-order valence-corrected chi connectivity index (χ4v) is 1.48. The lowest BCUT2D eigenvalue weighted by molar-refractivity contribution is 0.340. The van der Waals surface area contributed by atoms with E-state index in [2.05, 4.69) is 19.1 Å². The minimum Gasteiger partial charge on any atom is -0.494 e. The van der Waals surface area contributed by atoms with Crippen LogP contribution in [-0.2, 0) is 6.42 Å². The Balaban J connectivity index is 2.42. The van der Waals surface area contributed by atoms with E-state index in [1.54, 1.807) is 0 Å². The van der Waals surface area contributed by atoms with Gasteiger partial charge < -0.3 is 10.5 Å². The monoisotopic (exact) mass is 207 g/mol. The standard InChI is InChI=1S/C13H21NO/c1-3-12(14)8-5-11-6-9-13(10-7-11)15-4-2/h6-7,9-10,12H,3-5,8,14H2,1-2H3. The molecule has 0 radical (unpaired) electrons. The Bertz CT molecular complexity index is 268. The molecule has 0 aromatic heterocycles. The van der Waals surface area contributed by atoms with E-state index in [9.17, 15) is 0 Å². The maximum absolute atomic E-state index is 5.87. The smallest absolute Gasteiger partial charge is 0.119 e. The summed E-state index contributed by atoms with van der Waals surface area (Å²) in [4.78, 5) is 0. The highest BCUT2D eigenvalue weighted by Crippen LogP contribution is 2.13. The minimum atomic E-state index is 0.330. The Morgan fingerprint density at radius 3 is 2.40 bits per heavy atom. The summed E-state index contributed by atoms with van der Waals surface area (Å²) in [6.07, 6.45) is 3.17. The van der Waals surface area contributed by atoms with E-state index in [-0.39, 0.29) is 0 Å². The van der Waals surface area contributed by atoms with Crippen LogP contribution >= 0.6 is 0 Å². The van der Waals surface area contributed by atoms with Crippen molar-refractivity contribution in [2.75, 3.05) is 6.61 Å². The fourth-order valence-electron chi connectivity index (χ4n) is 1.48. The molecule has 0 heterocycles. The van der Waals surface area contributed by atoms with Gasteiger partial charge in [0.2, 0.25) is 0 Å². The maximum Gasteiger partial charge on any atom is 0.119 e. The van der Waals surface area contributed by atoms with Crippen molar-refractivity contribution < 1.29 is 4.74 Å². The quantitative estimate of drug-likeness (QED) is 0.778. The third-order valence-corrected chi connectivity index (χ3v) is 2.56. The van der Waals surface area contributed by atoms with Crippen molar-refractivity contribution in [3.8, 4) is 5.75 Å². The summed E-state index contributed by atoms with van der Waals surface area (Å²) in [6.45, 7) is 4.84. The number of aryl methyl sites for hydroxylation is 1. The predicted molar refractivity (Wildman–Crippen MR) is 64.2 cm³/mol. The Morgan fingerprint density at radius 2 is 1.87 bits per heavy atom. The molecule has 0 aliphatic rings. The normalized spacial score (nSPS) is 12.5. The summed E-state index contributed by atoms with van der Waals surface area (Å²) >= 11 is 0. The van der Waals surface area contributed by atoms with Crippen LogP contribution in [0.15, 0.2) is 24.3 Å². The molecule has 0 amide bonds. The number of hydrogen-bond acceptors (Lipinski definition) is 2. The van der Waals surface area contributed by atoms with Crippen LogP contribution in [0.5, 0.6) is 5.75 Å². The molecule has 0 aliphatic heterocycles. The van der Waals surface area contributed by atoms with Crippen LogP contribution in [0.25, 0.3) is 0 Å². The fraction of sp³-hybridized carbons (Fsp3) is 0.538. The first-order valence-corrected chi connectivity index (χ1v) is 5.73. The molecule has 1 aromatic carbocycles. The lowest BCUT2D eigenvalue weighted by Crippen LogP contribution is -2.18. The SMILES string of the molecule is CCOc1ccc(CCC(N)CC)cc1. The Morgan fingerprint density at radius 1 is 1.20 bits per heavy atom. The van der Waals surface area contributed by atoms with E-state index < -0.39 is 0 Å². The molecule has 0 saturated carbocycles. The molecular weight excluding hydrogens is 186 g/mol. The molecule has 2 N–H and O–H groups in total. The zero-order valence-corrected chi connectivity index (χ0v) is 9.70. The Kier molecular flexibility index (Phi) is 5.19. The van der Waals surface area contributed by atoms with Gasteiger partial charge >= 0.3 is 0 Å². The van der Waals surface area contributed by atoms with E-state index in [4.69, 9.17) is 10.5 Å². The minimum absolute atomic E-state index is 0.330. The van der Waals surface area contributed by atoms with Crippen molar-refractivity contribution in [1.29, 1.82) is 0 Å². The van der Waals surface area contributed by atoms with Crippen LogP contribution in [0.4, 0.5) is 0 Å². The van der Waals surface area contributed by atoms with Crippen molar-refractivity contribution in [3.05, 3.63) is 29.8 Å². The summed E-state index contributed by atoms with van der Waals surface area (Å²) in [7, 11) is 0. The average Bonchev–Trinajstić information content (AvgIpc) is 2.28. The van der Waals surface area contributed by atoms with Gasteiger partial charge in [0, 0.05) is 6.04 Å². The van der Waals surface area contributed by atoms with E-state index in [0.29, 0.717) is 6.04 Å². The summed E-state index contributed by atoms with van der Waals surface area (Å²) in [6, 6.07) is 8.62. The van der Waals surface area contributed by atoms with Gasteiger partial charge in [-0.1, -0.05) is 19.1 Å². The van der Waals surface area contributed by atoms with Gasteiger partial charge in [-0.15, -0.1) is 0 Å². The first-order valence-electron chi connectivity index (χ1n) is 5.73. The molecule has 1 unspecified atom stereocenters. The molecule has 1 aromatic rings. The molecule has 2 nitrogen and oxygen atoms in total. The highest BCUT2D eigenvalue weighted by atomic mass is 16.5. The van der Waals surface area contributed by atoms with Crippen LogP contribution < -0.4 is 10.5 Å². The van der Waals surface area contributed by atoms with Crippen LogP contribution in [-0.4, -0.2) is 12.6 Å². The van der Waals surface area contributed by atoms with Crippen molar-refractivity contribution in [3.63, 3.8) is 0 Å². The van der Waals surface area contributed by atoms with Gasteiger partial charge in [-0.3, -0.25) is 0 Å². The highest BCUT2D eigenvalue weighted by Gasteiger charge is 2.00. The lowest BCUT2D eigenvalue weighted by Gasteiger charge is -2.08. The molecule has 0 fully saturated rings. The zero-order valence-electron chi connectivity index (χ0n) is 9.70. The number of hydrogen-bond donors (Lipinski definition) is 1. The first kappa shape index (κ1) is 12.1. The number of benzene rings is 1. The molecule has 0 spiro atoms. The third kappa shape index (κ3) is 4.34. The van der Waals surface area contributed by atoms with Crippen molar-refractivity contribution >= 4 is 0 Å². The highest BCUT2D eigenvalue weighted by molar-refractivity contribution is 5.27. The van der Waals surface area contributed by atoms with Gasteiger partial charge in [0.15, 0.2) is 0 Å². The molecule has 0 aliphatic carbocycles. The van der Waals surface area contributed by atoms with Gasteiger partial charge in [0.1, 0.15) is 5.75 Å². The Labute approximate surface area is 92.4 Å². The zero-order chi connectivity index (χ0) is 11.1. The van der Waals surface area contributed by atoms with Gasteiger partial charge in [0.25, 0.3) is 0 Å². The summed E-state index contributed by atoms with van der Waals surface area (Å²) in [5.74, 6) is 0.945. The van der Waals surface area contributed by atoms with Gasteiger partial charge in [-0.25, -0.2) is 0 Å². The van der Waals surface area contributed by atoms with Crippen molar-refractivity contribution in [2.45, 2.75) is 39.2 Å². The van der Waals surface area contributed by atoms with E-state index in [1.165, 1.54) is 5.56 Å². The number of nitrogens with two attached hydrogens (primary N) is 1. The first-order chi connectivity index (χ1) is 7.26. The molecule has 0 bridgehead atoms. The second-order valence-electron chi connectivity index (χ2n) is 3.78. The predicted octanol–water partition coefficient (Wildman–Crippen LogP) is 2.76. The van der Waals surface area contributed by atoms with Crippen LogP contribution in [0.2, 0.25) is 0 Å². The second-order valence-corrected chi connectivity index (χ2v) is 3.78. The summed E-state index contributed by atoms with van der Waals surface area (Å²) in [5, 5.41) is 0. The molecule has 1 atom stereocenters. The molecule has 84 valence electrons. The molecule has 15 heavy (non-hydrogen) atoms. The summed E-state index contributed by atoms with van der Waals surface area (Å²) < 4.78 is 5.38. The molecule has 2 heteroatoms. The van der Waals surface area contributed by atoms with Gasteiger partial charge in [-0.05, 0) is 43.9 Å². The third-order valence-electron chi connectivity index (χ3n) is 2.56. The average molecular weight is 207 g/mol.